The third kappa shape index (κ3) is 4.60. The largest absolute Gasteiger partial charge is 0.312 e. The Bertz CT molecular complexity index is 313. The second kappa shape index (κ2) is 7.31. The Kier molecular flexibility index (Phi) is 6.04. The predicted octanol–water partition coefficient (Wildman–Crippen LogP) is 0.619. The van der Waals surface area contributed by atoms with Gasteiger partial charge in [-0.25, -0.2) is 0 Å². The number of hydrogen-bond acceptors (Lipinski definition) is 5. The normalized spacial score (nSPS) is 27.1. The van der Waals surface area contributed by atoms with Crippen LogP contribution in [0, 0.1) is 0 Å². The summed E-state index contributed by atoms with van der Waals surface area (Å²) in [5.41, 5.74) is 9.51. The third-order valence-electron chi connectivity index (χ3n) is 3.47. The number of likely N-dealkylation sites (N-methyl/N-ethyl adjacent to an activating group) is 1. The van der Waals surface area contributed by atoms with Gasteiger partial charge < -0.3 is 10.6 Å². The first-order valence-electron chi connectivity index (χ1n) is 6.33. The fourth-order valence-corrected chi connectivity index (χ4v) is 2.08. The minimum absolute atomic E-state index is 0.223. The smallest absolute Gasteiger partial charge is 0.0807 e. The Morgan fingerprint density at radius 3 is 2.89 bits per heavy atom. The monoisotopic (exact) mass is 251 g/mol. The molecule has 1 aliphatic rings. The van der Waals surface area contributed by atoms with Gasteiger partial charge in [0.15, 0.2) is 0 Å². The van der Waals surface area contributed by atoms with Crippen molar-refractivity contribution in [3.05, 3.63) is 24.4 Å². The summed E-state index contributed by atoms with van der Waals surface area (Å²) in [7, 11) is 2.15. The van der Waals surface area contributed by atoms with Crippen molar-refractivity contribution < 1.29 is 0 Å². The molecular weight excluding hydrogens is 226 g/mol. The topological polar surface area (TPSA) is 65.7 Å². The highest BCUT2D eigenvalue weighted by Gasteiger charge is 2.23. The molecule has 18 heavy (non-hydrogen) atoms. The van der Waals surface area contributed by atoms with Crippen LogP contribution in [0.15, 0.2) is 29.5 Å². The van der Waals surface area contributed by atoms with Gasteiger partial charge in [0, 0.05) is 31.5 Å². The minimum Gasteiger partial charge on any atom is -0.312 e. The van der Waals surface area contributed by atoms with Crippen LogP contribution in [-0.2, 0) is 0 Å². The first kappa shape index (κ1) is 14.9. The van der Waals surface area contributed by atoms with Crippen molar-refractivity contribution in [3.63, 3.8) is 0 Å². The van der Waals surface area contributed by atoms with E-state index < -0.39 is 0 Å². The van der Waals surface area contributed by atoms with E-state index in [0.29, 0.717) is 12.1 Å². The highest BCUT2D eigenvalue weighted by molar-refractivity contribution is 5.23. The van der Waals surface area contributed by atoms with E-state index in [9.17, 15) is 0 Å². The number of likely N-dealkylation sites (tertiary alicyclic amines) is 1. The second-order valence-corrected chi connectivity index (χ2v) is 4.90. The molecule has 0 bridgehead atoms. The van der Waals surface area contributed by atoms with Crippen molar-refractivity contribution in [2.24, 2.45) is 10.8 Å². The molecule has 1 rings (SSSR count). The molecule has 102 valence electrons. The van der Waals surface area contributed by atoms with Crippen LogP contribution in [-0.4, -0.2) is 43.5 Å². The summed E-state index contributed by atoms with van der Waals surface area (Å²) < 4.78 is 0. The quantitative estimate of drug-likeness (QED) is 0.280. The van der Waals surface area contributed by atoms with E-state index in [0.717, 1.165) is 18.5 Å². The molecule has 0 saturated carbocycles. The Morgan fingerprint density at radius 1 is 1.56 bits per heavy atom. The lowest BCUT2D eigenvalue weighted by molar-refractivity contribution is 0.161. The summed E-state index contributed by atoms with van der Waals surface area (Å²) in [6.45, 7) is 10.5. The van der Waals surface area contributed by atoms with Crippen molar-refractivity contribution >= 4 is 6.72 Å². The van der Waals surface area contributed by atoms with E-state index in [1.807, 2.05) is 6.08 Å². The van der Waals surface area contributed by atoms with Gasteiger partial charge in [-0.1, -0.05) is 6.58 Å². The molecule has 0 spiro atoms. The molecule has 0 aromatic rings. The zero-order valence-corrected chi connectivity index (χ0v) is 11.4. The number of nitrogens with two attached hydrogens (primary N) is 1. The van der Waals surface area contributed by atoms with Gasteiger partial charge in [0.1, 0.15) is 0 Å². The van der Waals surface area contributed by atoms with Gasteiger partial charge in [-0.2, -0.15) is 5.10 Å². The highest BCUT2D eigenvalue weighted by atomic mass is 15.3. The molecule has 0 aliphatic carbocycles. The van der Waals surface area contributed by atoms with Crippen molar-refractivity contribution in [2.45, 2.75) is 38.0 Å². The van der Waals surface area contributed by atoms with E-state index in [-0.39, 0.29) is 6.17 Å². The Labute approximate surface area is 110 Å². The van der Waals surface area contributed by atoms with Crippen LogP contribution in [0.25, 0.3) is 0 Å². The number of nitrogens with zero attached hydrogens (tertiary/aromatic N) is 2. The van der Waals surface area contributed by atoms with Crippen LogP contribution in [0.1, 0.15) is 19.8 Å². The number of nitrogens with one attached hydrogen (secondary N) is 2. The van der Waals surface area contributed by atoms with Crippen molar-refractivity contribution in [1.82, 2.24) is 15.6 Å². The Morgan fingerprint density at radius 2 is 2.28 bits per heavy atom. The van der Waals surface area contributed by atoms with Crippen LogP contribution < -0.4 is 16.5 Å². The van der Waals surface area contributed by atoms with Crippen molar-refractivity contribution in [1.29, 1.82) is 0 Å². The molecule has 4 N–H and O–H groups in total. The zero-order valence-electron chi connectivity index (χ0n) is 11.4. The van der Waals surface area contributed by atoms with Gasteiger partial charge in [-0.15, -0.1) is 0 Å². The fourth-order valence-electron chi connectivity index (χ4n) is 2.08. The molecule has 0 aromatic heterocycles. The molecule has 0 aromatic carbocycles. The van der Waals surface area contributed by atoms with Crippen LogP contribution in [0.5, 0.6) is 0 Å². The van der Waals surface area contributed by atoms with E-state index in [1.54, 1.807) is 6.20 Å². The molecule has 5 nitrogen and oxygen atoms in total. The summed E-state index contributed by atoms with van der Waals surface area (Å²) in [5, 5.41) is 6.91. The van der Waals surface area contributed by atoms with Gasteiger partial charge in [0.2, 0.25) is 0 Å². The van der Waals surface area contributed by atoms with E-state index >= 15 is 0 Å². The van der Waals surface area contributed by atoms with Crippen molar-refractivity contribution in [3.8, 4) is 0 Å². The number of hydrogen-bond donors (Lipinski definition) is 3. The summed E-state index contributed by atoms with van der Waals surface area (Å²) in [6.07, 6.45) is 5.61. The molecule has 0 amide bonds. The predicted molar refractivity (Wildman–Crippen MR) is 77.2 cm³/mol. The van der Waals surface area contributed by atoms with Gasteiger partial charge >= 0.3 is 0 Å². The average Bonchev–Trinajstić information content (AvgIpc) is 2.34. The van der Waals surface area contributed by atoms with Gasteiger partial charge in [-0.05, 0) is 38.5 Å². The van der Waals surface area contributed by atoms with Crippen LogP contribution in [0.2, 0.25) is 0 Å². The maximum Gasteiger partial charge on any atom is 0.0807 e. The molecule has 3 atom stereocenters. The van der Waals surface area contributed by atoms with E-state index in [1.165, 1.54) is 6.42 Å². The summed E-state index contributed by atoms with van der Waals surface area (Å²) >= 11 is 0. The molecule has 1 heterocycles. The SMILES string of the molecule is C=NN/C=C\C(=C)C(N)NC1CCC(C)N(C)C1. The van der Waals surface area contributed by atoms with Crippen LogP contribution >= 0.6 is 0 Å². The third-order valence-corrected chi connectivity index (χ3v) is 3.47. The fraction of sp³-hybridized carbons (Fsp3) is 0.615. The lowest BCUT2D eigenvalue weighted by atomic mass is 9.99. The zero-order chi connectivity index (χ0) is 13.5. The van der Waals surface area contributed by atoms with E-state index in [4.69, 9.17) is 5.73 Å². The molecule has 1 aliphatic heterocycles. The Hall–Kier alpha value is -1.17. The highest BCUT2D eigenvalue weighted by Crippen LogP contribution is 2.15. The van der Waals surface area contributed by atoms with Crippen LogP contribution in [0.3, 0.4) is 0 Å². The molecule has 1 saturated heterocycles. The average molecular weight is 251 g/mol. The van der Waals surface area contributed by atoms with Gasteiger partial charge in [0.25, 0.3) is 0 Å². The molecular formula is C13H25N5. The van der Waals surface area contributed by atoms with Crippen LogP contribution in [0.4, 0.5) is 0 Å². The summed E-state index contributed by atoms with van der Waals surface area (Å²) in [5.74, 6) is 0. The first-order chi connectivity index (χ1) is 8.54. The minimum atomic E-state index is -0.223. The standard InChI is InChI=1S/C13H25N5/c1-10(7-8-16-15-3)13(14)17-12-6-5-11(2)18(4)9-12/h7-8,11-13,16-17H,1,3,5-6,9,14H2,2,4H3/b8-7-. The number of rotatable bonds is 6. The molecule has 5 heteroatoms. The molecule has 3 unspecified atom stereocenters. The first-order valence-corrected chi connectivity index (χ1v) is 6.33. The second-order valence-electron chi connectivity index (χ2n) is 4.90. The lowest BCUT2D eigenvalue weighted by Gasteiger charge is -2.37. The van der Waals surface area contributed by atoms with Gasteiger partial charge in [0.05, 0.1) is 6.17 Å². The van der Waals surface area contributed by atoms with E-state index in [2.05, 4.69) is 48.0 Å². The maximum atomic E-state index is 6.06. The molecule has 0 radical (unpaired) electrons. The molecule has 1 fully saturated rings. The lowest BCUT2D eigenvalue weighted by Crippen LogP contribution is -2.53. The maximum absolute atomic E-state index is 6.06. The summed E-state index contributed by atoms with van der Waals surface area (Å²) in [6, 6.07) is 1.09. The number of hydrazone groups is 1. The Balaban J connectivity index is 2.37. The summed E-state index contributed by atoms with van der Waals surface area (Å²) in [4.78, 5) is 2.36. The van der Waals surface area contributed by atoms with Crippen molar-refractivity contribution in [2.75, 3.05) is 13.6 Å². The van der Waals surface area contributed by atoms with Gasteiger partial charge in [-0.3, -0.25) is 10.7 Å². The number of piperidine rings is 1.